The van der Waals surface area contributed by atoms with Crippen molar-refractivity contribution in [3.8, 4) is 0 Å². The molecule has 0 spiro atoms. The van der Waals surface area contributed by atoms with Gasteiger partial charge in [-0.25, -0.2) is 0 Å². The summed E-state index contributed by atoms with van der Waals surface area (Å²) >= 11 is 0. The first kappa shape index (κ1) is 26.6. The molecule has 1 rings (SSSR count). The van der Waals surface area contributed by atoms with Gasteiger partial charge in [-0.05, 0) is 12.8 Å². The maximum absolute atomic E-state index is 12.6. The molecule has 28 heavy (non-hydrogen) atoms. The maximum atomic E-state index is 12.6. The first-order chi connectivity index (χ1) is 13.2. The van der Waals surface area contributed by atoms with Crippen LogP contribution in [0.25, 0.3) is 0 Å². The van der Waals surface area contributed by atoms with E-state index in [1.54, 1.807) is 4.90 Å². The Bertz CT molecular complexity index is 519. The smallest absolute Gasteiger partial charge is 0.222 e. The Balaban J connectivity index is 0.00000729. The molecule has 0 aliphatic heterocycles. The number of benzene rings is 1. The molecule has 0 radical (unpaired) electrons. The van der Waals surface area contributed by atoms with Crippen molar-refractivity contribution < 1.29 is 9.59 Å². The summed E-state index contributed by atoms with van der Waals surface area (Å²) in [5.74, 6) is 0.176. The zero-order valence-electron chi connectivity index (χ0n) is 18.0. The van der Waals surface area contributed by atoms with Crippen molar-refractivity contribution in [2.75, 3.05) is 13.1 Å². The van der Waals surface area contributed by atoms with Crippen LogP contribution >= 0.6 is 12.4 Å². The summed E-state index contributed by atoms with van der Waals surface area (Å²) in [5.41, 5.74) is 0.694. The van der Waals surface area contributed by atoms with E-state index in [2.05, 4.69) is 13.8 Å². The van der Waals surface area contributed by atoms with E-state index in [0.717, 1.165) is 32.1 Å². The molecule has 0 aliphatic rings. The molecule has 0 bridgehead atoms. The molecule has 3 nitrogen and oxygen atoms in total. The summed E-state index contributed by atoms with van der Waals surface area (Å²) in [5, 5.41) is 0. The average molecular weight is 410 g/mol. The Labute approximate surface area is 178 Å². The molecule has 0 heterocycles. The molecule has 1 amide bonds. The van der Waals surface area contributed by atoms with Crippen LogP contribution < -0.4 is 0 Å². The fourth-order valence-corrected chi connectivity index (χ4v) is 3.30. The molecule has 0 saturated heterocycles. The quantitative estimate of drug-likeness (QED) is 0.221. The van der Waals surface area contributed by atoms with E-state index >= 15 is 0 Å². The topological polar surface area (TPSA) is 37.4 Å². The monoisotopic (exact) mass is 409 g/mol. The zero-order chi connectivity index (χ0) is 19.7. The minimum Gasteiger partial charge on any atom is -0.335 e. The molecule has 0 atom stereocenters. The number of carbonyl (C=O) groups is 2. The van der Waals surface area contributed by atoms with Crippen molar-refractivity contribution >= 4 is 24.1 Å². The first-order valence-electron chi connectivity index (χ1n) is 11.0. The van der Waals surface area contributed by atoms with Gasteiger partial charge in [0.15, 0.2) is 5.78 Å². The minimum atomic E-state index is 0. The van der Waals surface area contributed by atoms with Crippen LogP contribution in [0.4, 0.5) is 0 Å². The third-order valence-electron chi connectivity index (χ3n) is 5.06. The second-order valence-electron chi connectivity index (χ2n) is 7.54. The molecule has 1 aromatic rings. The van der Waals surface area contributed by atoms with Crippen molar-refractivity contribution in [3.63, 3.8) is 0 Å². The van der Waals surface area contributed by atoms with E-state index in [1.165, 1.54) is 38.5 Å². The lowest BCUT2D eigenvalue weighted by molar-refractivity contribution is -0.131. The Morgan fingerprint density at radius 2 is 1.29 bits per heavy atom. The number of hydrogen-bond acceptors (Lipinski definition) is 2. The van der Waals surface area contributed by atoms with E-state index in [-0.39, 0.29) is 30.6 Å². The van der Waals surface area contributed by atoms with Gasteiger partial charge in [-0.2, -0.15) is 0 Å². The summed E-state index contributed by atoms with van der Waals surface area (Å²) in [6.07, 6.45) is 13.6. The molecule has 0 aromatic heterocycles. The third-order valence-corrected chi connectivity index (χ3v) is 5.06. The van der Waals surface area contributed by atoms with Crippen molar-refractivity contribution in [2.24, 2.45) is 0 Å². The van der Waals surface area contributed by atoms with Crippen molar-refractivity contribution in [3.05, 3.63) is 35.9 Å². The van der Waals surface area contributed by atoms with E-state index in [9.17, 15) is 9.59 Å². The summed E-state index contributed by atoms with van der Waals surface area (Å²) in [6.45, 7) is 5.30. The largest absolute Gasteiger partial charge is 0.335 e. The van der Waals surface area contributed by atoms with Crippen molar-refractivity contribution in [1.29, 1.82) is 0 Å². The molecule has 0 fully saturated rings. The van der Waals surface area contributed by atoms with E-state index in [1.807, 2.05) is 30.3 Å². The van der Waals surface area contributed by atoms with Crippen LogP contribution in [0.15, 0.2) is 30.3 Å². The molecular weight excluding hydrogens is 370 g/mol. The second-order valence-corrected chi connectivity index (χ2v) is 7.54. The van der Waals surface area contributed by atoms with Gasteiger partial charge in [0.1, 0.15) is 0 Å². The zero-order valence-corrected chi connectivity index (χ0v) is 18.8. The lowest BCUT2D eigenvalue weighted by Gasteiger charge is -2.22. The summed E-state index contributed by atoms with van der Waals surface area (Å²) in [7, 11) is 0. The highest BCUT2D eigenvalue weighted by molar-refractivity contribution is 5.99. The average Bonchev–Trinajstić information content (AvgIpc) is 2.69. The van der Waals surface area contributed by atoms with Crippen molar-refractivity contribution in [2.45, 2.75) is 90.9 Å². The van der Waals surface area contributed by atoms with Crippen LogP contribution in [0, 0.1) is 0 Å². The van der Waals surface area contributed by atoms with E-state index in [4.69, 9.17) is 0 Å². The predicted molar refractivity (Wildman–Crippen MR) is 121 cm³/mol. The normalized spacial score (nSPS) is 10.4. The molecule has 0 N–H and O–H groups in total. The van der Waals surface area contributed by atoms with E-state index in [0.29, 0.717) is 18.5 Å². The molecule has 1 aromatic carbocycles. The Morgan fingerprint density at radius 3 is 1.89 bits per heavy atom. The van der Waals surface area contributed by atoms with Crippen LogP contribution in [0.5, 0.6) is 0 Å². The third kappa shape index (κ3) is 12.2. The van der Waals surface area contributed by atoms with Gasteiger partial charge in [0.25, 0.3) is 0 Å². The van der Waals surface area contributed by atoms with Gasteiger partial charge in [-0.3, -0.25) is 9.59 Å². The predicted octanol–water partition coefficient (Wildman–Crippen LogP) is 6.84. The first-order valence-corrected chi connectivity index (χ1v) is 11.0. The molecule has 4 heteroatoms. The number of unbranched alkanes of at least 4 members (excludes halogenated alkanes) is 9. The molecule has 0 aliphatic carbocycles. The van der Waals surface area contributed by atoms with Gasteiger partial charge in [-0.1, -0.05) is 102 Å². The Hall–Kier alpha value is -1.35. The van der Waals surface area contributed by atoms with Crippen LogP contribution in [-0.2, 0) is 4.79 Å². The van der Waals surface area contributed by atoms with Gasteiger partial charge in [0, 0.05) is 18.5 Å². The number of halogens is 1. The van der Waals surface area contributed by atoms with Gasteiger partial charge >= 0.3 is 0 Å². The summed E-state index contributed by atoms with van der Waals surface area (Å²) in [6, 6.07) is 9.32. The highest BCUT2D eigenvalue weighted by Gasteiger charge is 2.17. The lowest BCUT2D eigenvalue weighted by Crippen LogP contribution is -2.36. The Morgan fingerprint density at radius 1 is 0.750 bits per heavy atom. The van der Waals surface area contributed by atoms with Crippen LogP contribution in [-0.4, -0.2) is 29.7 Å². The second kappa shape index (κ2) is 17.7. The van der Waals surface area contributed by atoms with Crippen molar-refractivity contribution in [1.82, 2.24) is 4.90 Å². The molecule has 0 saturated carbocycles. The summed E-state index contributed by atoms with van der Waals surface area (Å²) < 4.78 is 0. The molecular formula is C24H40ClNO2. The van der Waals surface area contributed by atoms with Crippen LogP contribution in [0.1, 0.15) is 101 Å². The molecule has 0 unspecified atom stereocenters. The standard InChI is InChI=1S/C24H39NO2.ClH/c1-3-5-7-8-9-10-11-16-20-25(24(27)19-13-6-4-2)21-23(26)22-17-14-12-15-18-22;/h12,14-15,17-18H,3-11,13,16,19-21H2,1-2H3;1H. The Kier molecular flexibility index (Phi) is 16.9. The number of nitrogens with zero attached hydrogens (tertiary/aromatic N) is 1. The van der Waals surface area contributed by atoms with Gasteiger partial charge in [-0.15, -0.1) is 12.4 Å². The number of Topliss-reactive ketones (excluding diaryl/α,β-unsaturated/α-hetero) is 1. The molecule has 160 valence electrons. The fourth-order valence-electron chi connectivity index (χ4n) is 3.30. The number of ketones is 1. The number of amides is 1. The van der Waals surface area contributed by atoms with Gasteiger partial charge in [0.2, 0.25) is 5.91 Å². The highest BCUT2D eigenvalue weighted by Crippen LogP contribution is 2.11. The SMILES string of the molecule is CCCCCCCCCCN(CC(=O)c1ccccc1)C(=O)CCCCC.Cl. The van der Waals surface area contributed by atoms with Crippen LogP contribution in [0.2, 0.25) is 0 Å². The lowest BCUT2D eigenvalue weighted by atomic mass is 10.1. The van der Waals surface area contributed by atoms with Gasteiger partial charge < -0.3 is 4.90 Å². The fraction of sp³-hybridized carbons (Fsp3) is 0.667. The maximum Gasteiger partial charge on any atom is 0.222 e. The number of rotatable bonds is 16. The number of hydrogen-bond donors (Lipinski definition) is 0. The summed E-state index contributed by atoms with van der Waals surface area (Å²) in [4.78, 5) is 26.9. The minimum absolute atomic E-state index is 0. The van der Waals surface area contributed by atoms with Crippen LogP contribution in [0.3, 0.4) is 0 Å². The highest BCUT2D eigenvalue weighted by atomic mass is 35.5. The van der Waals surface area contributed by atoms with E-state index < -0.39 is 0 Å². The van der Waals surface area contributed by atoms with Gasteiger partial charge in [0.05, 0.1) is 6.54 Å². The number of carbonyl (C=O) groups excluding carboxylic acids is 2.